The average molecular weight is 551 g/mol. The van der Waals surface area contributed by atoms with E-state index in [1.807, 2.05) is 36.4 Å². The maximum Gasteiger partial charge on any atom is 0.256 e. The van der Waals surface area contributed by atoms with E-state index in [1.165, 1.54) is 0 Å². The fourth-order valence-corrected chi connectivity index (χ4v) is 5.69. The van der Waals surface area contributed by atoms with Gasteiger partial charge in [-0.25, -0.2) is 0 Å². The number of carbonyl (C=O) groups is 4. The molecule has 41 heavy (non-hydrogen) atoms. The average Bonchev–Trinajstić information content (AvgIpc) is 3.49. The molecule has 1 unspecified atom stereocenters. The lowest BCUT2D eigenvalue weighted by molar-refractivity contribution is -0.116. The van der Waals surface area contributed by atoms with Gasteiger partial charge in [-0.2, -0.15) is 0 Å². The molecule has 4 amide bonds. The molecule has 6 rings (SSSR count). The van der Waals surface area contributed by atoms with Crippen LogP contribution in [0.25, 0.3) is 0 Å². The van der Waals surface area contributed by atoms with Crippen LogP contribution in [0.4, 0.5) is 11.4 Å². The lowest BCUT2D eigenvalue weighted by atomic mass is 10.1. The number of amides is 4. The number of hydrogen-bond donors (Lipinski definition) is 2. The zero-order chi connectivity index (χ0) is 28.3. The molecule has 2 N–H and O–H groups in total. The summed E-state index contributed by atoms with van der Waals surface area (Å²) in [7, 11) is 0. The quantitative estimate of drug-likeness (QED) is 0.424. The Labute approximate surface area is 237 Å². The third-order valence-corrected chi connectivity index (χ3v) is 7.80. The van der Waals surface area contributed by atoms with Crippen LogP contribution in [0, 0.1) is 0 Å². The smallest absolute Gasteiger partial charge is 0.256 e. The molecule has 208 valence electrons. The molecule has 10 nitrogen and oxygen atoms in total. The van der Waals surface area contributed by atoms with Gasteiger partial charge in [0.25, 0.3) is 11.8 Å². The molecule has 0 radical (unpaired) electrons. The third-order valence-electron chi connectivity index (χ3n) is 7.80. The summed E-state index contributed by atoms with van der Waals surface area (Å²) in [5, 5.41) is 5.72. The summed E-state index contributed by atoms with van der Waals surface area (Å²) in [6.45, 7) is 1.86. The van der Waals surface area contributed by atoms with Crippen molar-refractivity contribution in [3.63, 3.8) is 0 Å². The number of rotatable bonds is 6. The first-order valence-corrected chi connectivity index (χ1v) is 13.8. The Hall–Kier alpha value is -4.86. The second-order valence-corrected chi connectivity index (χ2v) is 10.4. The van der Waals surface area contributed by atoms with E-state index in [0.717, 1.165) is 11.1 Å². The Bertz CT molecular complexity index is 1430. The van der Waals surface area contributed by atoms with Gasteiger partial charge in [0.05, 0.1) is 34.6 Å². The van der Waals surface area contributed by atoms with Crippen LogP contribution in [0.3, 0.4) is 0 Å². The Balaban J connectivity index is 0.973. The highest BCUT2D eigenvalue weighted by molar-refractivity contribution is 6.05. The van der Waals surface area contributed by atoms with E-state index in [0.29, 0.717) is 67.9 Å². The van der Waals surface area contributed by atoms with Crippen molar-refractivity contribution in [1.29, 1.82) is 0 Å². The number of fused-ring (bicyclic) bond motifs is 4. The summed E-state index contributed by atoms with van der Waals surface area (Å²) in [5.41, 5.74) is 4.12. The van der Waals surface area contributed by atoms with Gasteiger partial charge in [0, 0.05) is 50.8 Å². The van der Waals surface area contributed by atoms with Crippen LogP contribution in [-0.4, -0.2) is 84.1 Å². The van der Waals surface area contributed by atoms with Gasteiger partial charge in [-0.15, -0.1) is 0 Å². The first-order chi connectivity index (χ1) is 20.0. The molecule has 4 aliphatic heterocycles. The molecule has 2 saturated heterocycles. The zero-order valence-corrected chi connectivity index (χ0v) is 22.5. The standard InChI is InChI=1S/C31H30N6O4/c38-28(16-20-10-14-36-26(20)18-34-24-8-3-1-6-22(24)30(36)40)32-12-5-13-33-29(39)17-21-11-15-37-27(21)19-35-25-9-4-2-7-23(25)31(37)41/h1-4,6-9,16-19,26-27H,5,10-15H2,(H,32,38)(H,33,39)/b20-16+,21-17+/t26-,27?/m1/s1. The van der Waals surface area contributed by atoms with Crippen LogP contribution in [0.15, 0.2) is 81.8 Å². The predicted octanol–water partition coefficient (Wildman–Crippen LogP) is 2.72. The monoisotopic (exact) mass is 550 g/mol. The minimum Gasteiger partial charge on any atom is -0.352 e. The normalized spacial score (nSPS) is 22.6. The molecular weight excluding hydrogens is 520 g/mol. The van der Waals surface area contributed by atoms with Crippen LogP contribution in [0.2, 0.25) is 0 Å². The van der Waals surface area contributed by atoms with Crippen molar-refractivity contribution in [3.8, 4) is 0 Å². The van der Waals surface area contributed by atoms with Crippen LogP contribution in [0.5, 0.6) is 0 Å². The van der Waals surface area contributed by atoms with Crippen molar-refractivity contribution in [2.75, 3.05) is 26.2 Å². The SMILES string of the molecule is O=C(/C=C1\CCN2C(=O)c3ccccc3N=CC12)NCCCNC(=O)/C=C1\CCN2C(=O)c3ccccc3N=C[C@H]12. The number of nitrogens with one attached hydrogen (secondary N) is 2. The Morgan fingerprint density at radius 1 is 0.732 bits per heavy atom. The van der Waals surface area contributed by atoms with Crippen molar-refractivity contribution in [2.45, 2.75) is 31.3 Å². The van der Waals surface area contributed by atoms with Crippen LogP contribution in [-0.2, 0) is 9.59 Å². The van der Waals surface area contributed by atoms with E-state index in [1.54, 1.807) is 46.5 Å². The second kappa shape index (κ2) is 11.3. The van der Waals surface area contributed by atoms with E-state index in [4.69, 9.17) is 0 Å². The molecule has 2 aromatic carbocycles. The van der Waals surface area contributed by atoms with Gasteiger partial charge in [0.2, 0.25) is 11.8 Å². The maximum absolute atomic E-state index is 13.0. The molecule has 2 fully saturated rings. The van der Waals surface area contributed by atoms with E-state index in [-0.39, 0.29) is 35.7 Å². The van der Waals surface area contributed by atoms with Crippen LogP contribution >= 0.6 is 0 Å². The van der Waals surface area contributed by atoms with Gasteiger partial charge >= 0.3 is 0 Å². The zero-order valence-electron chi connectivity index (χ0n) is 22.5. The van der Waals surface area contributed by atoms with E-state index in [9.17, 15) is 19.2 Å². The van der Waals surface area contributed by atoms with E-state index >= 15 is 0 Å². The highest BCUT2D eigenvalue weighted by Crippen LogP contribution is 2.32. The van der Waals surface area contributed by atoms with Gasteiger partial charge in [-0.3, -0.25) is 29.2 Å². The molecule has 2 atom stereocenters. The topological polar surface area (TPSA) is 124 Å². The van der Waals surface area contributed by atoms with Crippen molar-refractivity contribution >= 4 is 47.4 Å². The Morgan fingerprint density at radius 3 is 1.63 bits per heavy atom. The second-order valence-electron chi connectivity index (χ2n) is 10.4. The molecule has 2 aromatic rings. The minimum atomic E-state index is -0.331. The summed E-state index contributed by atoms with van der Waals surface area (Å²) in [4.78, 5) is 63.5. The molecule has 0 saturated carbocycles. The van der Waals surface area contributed by atoms with Crippen molar-refractivity contribution in [3.05, 3.63) is 83.0 Å². The molecule has 4 heterocycles. The van der Waals surface area contributed by atoms with E-state index in [2.05, 4.69) is 20.6 Å². The molecule has 0 bridgehead atoms. The van der Waals surface area contributed by atoms with Crippen molar-refractivity contribution in [2.24, 2.45) is 9.98 Å². The van der Waals surface area contributed by atoms with Crippen molar-refractivity contribution < 1.29 is 19.2 Å². The summed E-state index contributed by atoms with van der Waals surface area (Å²) >= 11 is 0. The molecule has 10 heteroatoms. The number of aliphatic imine (C=N–C) groups is 2. The number of carbonyl (C=O) groups excluding carboxylic acids is 4. The highest BCUT2D eigenvalue weighted by atomic mass is 16.2. The van der Waals surface area contributed by atoms with Crippen LogP contribution < -0.4 is 10.6 Å². The molecular formula is C31H30N6O4. The largest absolute Gasteiger partial charge is 0.352 e. The summed E-state index contributed by atoms with van der Waals surface area (Å²) in [6.07, 6.45) is 8.37. The van der Waals surface area contributed by atoms with Gasteiger partial charge in [0.1, 0.15) is 0 Å². The lowest BCUT2D eigenvalue weighted by Gasteiger charge is -2.20. The number of para-hydroxylation sites is 2. The van der Waals surface area contributed by atoms with Gasteiger partial charge in [-0.05, 0) is 54.7 Å². The summed E-state index contributed by atoms with van der Waals surface area (Å²) in [5.74, 6) is -0.624. The van der Waals surface area contributed by atoms with Crippen molar-refractivity contribution in [1.82, 2.24) is 20.4 Å². The third kappa shape index (κ3) is 5.32. The highest BCUT2D eigenvalue weighted by Gasteiger charge is 2.36. The van der Waals surface area contributed by atoms with Gasteiger partial charge in [-0.1, -0.05) is 24.3 Å². The summed E-state index contributed by atoms with van der Waals surface area (Å²) in [6, 6.07) is 13.8. The number of hydrogen-bond acceptors (Lipinski definition) is 6. The lowest BCUT2D eigenvalue weighted by Crippen LogP contribution is -2.36. The van der Waals surface area contributed by atoms with E-state index < -0.39 is 0 Å². The molecule has 0 aromatic heterocycles. The molecule has 4 aliphatic rings. The van der Waals surface area contributed by atoms with Gasteiger partial charge in [0.15, 0.2) is 0 Å². The molecule has 0 aliphatic carbocycles. The summed E-state index contributed by atoms with van der Waals surface area (Å²) < 4.78 is 0. The first kappa shape index (κ1) is 26.4. The Kier molecular flexibility index (Phi) is 7.28. The van der Waals surface area contributed by atoms with Crippen LogP contribution in [0.1, 0.15) is 40.0 Å². The number of nitrogens with zero attached hydrogens (tertiary/aromatic N) is 4. The fraction of sp³-hybridized carbons (Fsp3) is 0.290. The fourth-order valence-electron chi connectivity index (χ4n) is 5.69. The number of benzene rings is 2. The maximum atomic E-state index is 13.0. The predicted molar refractivity (Wildman–Crippen MR) is 155 cm³/mol. The minimum absolute atomic E-state index is 0.0778. The molecule has 0 spiro atoms. The Morgan fingerprint density at radius 2 is 1.17 bits per heavy atom. The first-order valence-electron chi connectivity index (χ1n) is 13.8. The van der Waals surface area contributed by atoms with Gasteiger partial charge < -0.3 is 20.4 Å².